The Morgan fingerprint density at radius 1 is 1.16 bits per heavy atom. The van der Waals surface area contributed by atoms with E-state index < -0.39 is 0 Å². The maximum atomic E-state index is 3.59. The van der Waals surface area contributed by atoms with Gasteiger partial charge in [0.15, 0.2) is 0 Å². The van der Waals surface area contributed by atoms with Gasteiger partial charge in [-0.15, -0.1) is 11.3 Å². The molecular formula is C16H20BrNS. The molecule has 0 spiro atoms. The second-order valence-corrected chi connectivity index (χ2v) is 7.28. The highest BCUT2D eigenvalue weighted by Crippen LogP contribution is 2.27. The van der Waals surface area contributed by atoms with Gasteiger partial charge in [0, 0.05) is 6.04 Å². The Morgan fingerprint density at radius 3 is 2.37 bits per heavy atom. The second kappa shape index (κ2) is 6.69. The van der Waals surface area contributed by atoms with Crippen molar-refractivity contribution in [3.05, 3.63) is 55.7 Å². The molecule has 1 nitrogen and oxygen atoms in total. The van der Waals surface area contributed by atoms with Gasteiger partial charge in [-0.3, -0.25) is 0 Å². The Balaban J connectivity index is 2.20. The summed E-state index contributed by atoms with van der Waals surface area (Å²) in [4.78, 5) is 0. The summed E-state index contributed by atoms with van der Waals surface area (Å²) < 4.78 is 1.20. The molecule has 2 aromatic rings. The van der Waals surface area contributed by atoms with Crippen molar-refractivity contribution in [3.8, 4) is 0 Å². The van der Waals surface area contributed by atoms with Crippen LogP contribution in [0.1, 0.15) is 35.2 Å². The van der Waals surface area contributed by atoms with Gasteiger partial charge in [0.25, 0.3) is 0 Å². The van der Waals surface area contributed by atoms with Crippen molar-refractivity contribution in [1.82, 2.24) is 5.32 Å². The predicted molar refractivity (Wildman–Crippen MR) is 88.1 cm³/mol. The molecule has 1 aromatic carbocycles. The SMILES string of the molecule is CCNC(Cc1cc(C)cc(C)c1)c1csc(Br)c1. The number of nitrogens with one attached hydrogen (secondary N) is 1. The second-order valence-electron chi connectivity index (χ2n) is 4.99. The number of hydrogen-bond acceptors (Lipinski definition) is 2. The molecule has 1 heterocycles. The summed E-state index contributed by atoms with van der Waals surface area (Å²) in [6, 6.07) is 9.43. The van der Waals surface area contributed by atoms with Crippen LogP contribution in [0.3, 0.4) is 0 Å². The minimum Gasteiger partial charge on any atom is -0.310 e. The molecule has 0 aliphatic carbocycles. The van der Waals surface area contributed by atoms with Crippen LogP contribution in [0.25, 0.3) is 0 Å². The monoisotopic (exact) mass is 337 g/mol. The van der Waals surface area contributed by atoms with E-state index in [-0.39, 0.29) is 0 Å². The van der Waals surface area contributed by atoms with Crippen LogP contribution >= 0.6 is 27.3 Å². The van der Waals surface area contributed by atoms with Crippen LogP contribution in [0, 0.1) is 13.8 Å². The standard InChI is InChI=1S/C16H20BrNS/c1-4-18-15(14-9-16(17)19-10-14)8-13-6-11(2)5-12(3)7-13/h5-7,9-10,15,18H,4,8H2,1-3H3. The summed E-state index contributed by atoms with van der Waals surface area (Å²) in [5, 5.41) is 5.82. The molecule has 0 bridgehead atoms. The maximum Gasteiger partial charge on any atom is 0.0701 e. The maximum absolute atomic E-state index is 3.59. The van der Waals surface area contributed by atoms with E-state index in [4.69, 9.17) is 0 Å². The molecule has 19 heavy (non-hydrogen) atoms. The van der Waals surface area contributed by atoms with E-state index in [0.717, 1.165) is 13.0 Å². The molecule has 1 N–H and O–H groups in total. The quantitative estimate of drug-likeness (QED) is 0.807. The minimum absolute atomic E-state index is 0.397. The molecule has 2 rings (SSSR count). The van der Waals surface area contributed by atoms with Crippen molar-refractivity contribution in [1.29, 1.82) is 0 Å². The fourth-order valence-corrected chi connectivity index (χ4v) is 3.71. The Kier molecular flexibility index (Phi) is 5.20. The van der Waals surface area contributed by atoms with Crippen LogP contribution < -0.4 is 5.32 Å². The number of likely N-dealkylation sites (N-methyl/N-ethyl adjacent to an activating group) is 1. The minimum atomic E-state index is 0.397. The lowest BCUT2D eigenvalue weighted by Gasteiger charge is -2.17. The molecule has 0 amide bonds. The molecular weight excluding hydrogens is 318 g/mol. The highest BCUT2D eigenvalue weighted by Gasteiger charge is 2.13. The van der Waals surface area contributed by atoms with Crippen LogP contribution in [-0.2, 0) is 6.42 Å². The van der Waals surface area contributed by atoms with Gasteiger partial charge < -0.3 is 5.32 Å². The van der Waals surface area contributed by atoms with E-state index in [0.29, 0.717) is 6.04 Å². The highest BCUT2D eigenvalue weighted by atomic mass is 79.9. The van der Waals surface area contributed by atoms with E-state index in [1.807, 2.05) is 0 Å². The fourth-order valence-electron chi connectivity index (χ4n) is 2.48. The third-order valence-electron chi connectivity index (χ3n) is 3.16. The van der Waals surface area contributed by atoms with E-state index in [1.165, 1.54) is 26.0 Å². The summed E-state index contributed by atoms with van der Waals surface area (Å²) in [6.45, 7) is 7.48. The highest BCUT2D eigenvalue weighted by molar-refractivity contribution is 9.11. The zero-order valence-electron chi connectivity index (χ0n) is 11.7. The van der Waals surface area contributed by atoms with Crippen molar-refractivity contribution in [3.63, 3.8) is 0 Å². The van der Waals surface area contributed by atoms with Gasteiger partial charge in [-0.2, -0.15) is 0 Å². The van der Waals surface area contributed by atoms with Crippen LogP contribution in [0.15, 0.2) is 33.4 Å². The third-order valence-corrected chi connectivity index (χ3v) is 4.68. The molecule has 0 saturated heterocycles. The van der Waals surface area contributed by atoms with Crippen LogP contribution in [0.4, 0.5) is 0 Å². The fraction of sp³-hybridized carbons (Fsp3) is 0.375. The smallest absolute Gasteiger partial charge is 0.0701 e. The lowest BCUT2D eigenvalue weighted by Crippen LogP contribution is -2.22. The topological polar surface area (TPSA) is 12.0 Å². The first-order valence-corrected chi connectivity index (χ1v) is 8.30. The summed E-state index contributed by atoms with van der Waals surface area (Å²) >= 11 is 5.30. The van der Waals surface area contributed by atoms with E-state index in [9.17, 15) is 0 Å². The first-order valence-electron chi connectivity index (χ1n) is 6.63. The van der Waals surface area contributed by atoms with E-state index >= 15 is 0 Å². The molecule has 0 aliphatic heterocycles. The average molecular weight is 338 g/mol. The Morgan fingerprint density at radius 2 is 1.84 bits per heavy atom. The molecule has 3 heteroatoms. The van der Waals surface area contributed by atoms with Crippen molar-refractivity contribution in [2.75, 3.05) is 6.54 Å². The van der Waals surface area contributed by atoms with Crippen molar-refractivity contribution in [2.24, 2.45) is 0 Å². The predicted octanol–water partition coefficient (Wildman–Crippen LogP) is 5.02. The number of aryl methyl sites for hydroxylation is 2. The third kappa shape index (κ3) is 4.16. The van der Waals surface area contributed by atoms with Crippen molar-refractivity contribution < 1.29 is 0 Å². The van der Waals surface area contributed by atoms with Crippen molar-refractivity contribution >= 4 is 27.3 Å². The Labute approximate surface area is 128 Å². The van der Waals surface area contributed by atoms with Gasteiger partial charge in [0.2, 0.25) is 0 Å². The van der Waals surface area contributed by atoms with Crippen molar-refractivity contribution in [2.45, 2.75) is 33.2 Å². The number of hydrogen-bond donors (Lipinski definition) is 1. The van der Waals surface area contributed by atoms with E-state index in [1.54, 1.807) is 11.3 Å². The normalized spacial score (nSPS) is 12.6. The number of rotatable bonds is 5. The van der Waals surface area contributed by atoms with Gasteiger partial charge in [0.1, 0.15) is 0 Å². The first-order chi connectivity index (χ1) is 9.08. The zero-order chi connectivity index (χ0) is 13.8. The molecule has 0 radical (unpaired) electrons. The van der Waals surface area contributed by atoms with Gasteiger partial charge in [0.05, 0.1) is 3.79 Å². The Bertz CT molecular complexity index is 527. The average Bonchev–Trinajstić information content (AvgIpc) is 2.74. The number of benzene rings is 1. The van der Waals surface area contributed by atoms with Crippen LogP contribution in [0.5, 0.6) is 0 Å². The zero-order valence-corrected chi connectivity index (χ0v) is 14.1. The lowest BCUT2D eigenvalue weighted by molar-refractivity contribution is 0.551. The van der Waals surface area contributed by atoms with E-state index in [2.05, 4.69) is 71.7 Å². The molecule has 102 valence electrons. The largest absolute Gasteiger partial charge is 0.310 e. The van der Waals surface area contributed by atoms with Crippen LogP contribution in [0.2, 0.25) is 0 Å². The summed E-state index contributed by atoms with van der Waals surface area (Å²) in [7, 11) is 0. The van der Waals surface area contributed by atoms with Gasteiger partial charge in [-0.25, -0.2) is 0 Å². The van der Waals surface area contributed by atoms with Crippen LogP contribution in [-0.4, -0.2) is 6.54 Å². The van der Waals surface area contributed by atoms with Gasteiger partial charge in [-0.05, 0) is 65.3 Å². The van der Waals surface area contributed by atoms with Gasteiger partial charge >= 0.3 is 0 Å². The Hall–Kier alpha value is -0.640. The molecule has 0 saturated carbocycles. The molecule has 1 atom stereocenters. The van der Waals surface area contributed by atoms with Gasteiger partial charge in [-0.1, -0.05) is 36.2 Å². The number of halogens is 1. The molecule has 0 aliphatic rings. The first kappa shape index (κ1) is 14.8. The summed E-state index contributed by atoms with van der Waals surface area (Å²) in [5.74, 6) is 0. The summed E-state index contributed by atoms with van der Waals surface area (Å²) in [6.07, 6.45) is 1.04. The molecule has 0 fully saturated rings. The molecule has 1 aromatic heterocycles. The molecule has 1 unspecified atom stereocenters. The lowest BCUT2D eigenvalue weighted by atomic mass is 9.98. The number of thiophene rings is 1. The summed E-state index contributed by atoms with van der Waals surface area (Å²) in [5.41, 5.74) is 5.47.